The highest BCUT2D eigenvalue weighted by atomic mass is 16.6. The number of nitrogens with zero attached hydrogens (tertiary/aromatic N) is 5. The van der Waals surface area contributed by atoms with Crippen molar-refractivity contribution in [2.24, 2.45) is 18.1 Å². The van der Waals surface area contributed by atoms with Crippen LogP contribution in [0.5, 0.6) is 0 Å². The molecule has 3 aromatic rings. The molecule has 0 saturated heterocycles. The van der Waals surface area contributed by atoms with Crippen molar-refractivity contribution >= 4 is 5.71 Å². The van der Waals surface area contributed by atoms with E-state index in [9.17, 15) is 4.79 Å². The van der Waals surface area contributed by atoms with Gasteiger partial charge in [-0.2, -0.15) is 9.36 Å². The van der Waals surface area contributed by atoms with Gasteiger partial charge in [0.1, 0.15) is 6.61 Å². The number of tetrazole rings is 1. The van der Waals surface area contributed by atoms with Crippen molar-refractivity contribution in [3.63, 3.8) is 0 Å². The van der Waals surface area contributed by atoms with Crippen LogP contribution in [0.1, 0.15) is 36.0 Å². The minimum absolute atomic E-state index is 0.269. The molecule has 0 spiro atoms. The van der Waals surface area contributed by atoms with Gasteiger partial charge in [-0.1, -0.05) is 47.6 Å². The Morgan fingerprint density at radius 2 is 1.96 bits per heavy atom. The highest BCUT2D eigenvalue weighted by Gasteiger charge is 2.40. The predicted molar refractivity (Wildman–Crippen MR) is 107 cm³/mol. The smallest absolute Gasteiger partial charge is 0.368 e. The highest BCUT2D eigenvalue weighted by molar-refractivity contribution is 5.87. The van der Waals surface area contributed by atoms with Crippen LogP contribution in [0.2, 0.25) is 0 Å². The lowest BCUT2D eigenvalue weighted by Gasteiger charge is -2.10. The number of hydrogen-bond donors (Lipinski definition) is 0. The van der Waals surface area contributed by atoms with Gasteiger partial charge in [0.2, 0.25) is 0 Å². The molecule has 1 aromatic heterocycles. The van der Waals surface area contributed by atoms with Crippen LogP contribution in [0.25, 0.3) is 5.69 Å². The zero-order chi connectivity index (χ0) is 19.7. The third-order valence-corrected chi connectivity index (χ3v) is 5.31. The van der Waals surface area contributed by atoms with Gasteiger partial charge in [-0.15, -0.1) is 0 Å². The molecule has 4 rings (SSSR count). The van der Waals surface area contributed by atoms with Crippen LogP contribution in [0.3, 0.4) is 0 Å². The zero-order valence-electron chi connectivity index (χ0n) is 16.2. The van der Waals surface area contributed by atoms with Crippen LogP contribution in [0.15, 0.2) is 58.5 Å². The van der Waals surface area contributed by atoms with E-state index in [4.69, 9.17) is 4.84 Å². The summed E-state index contributed by atoms with van der Waals surface area (Å²) in [6.45, 7) is 4.26. The van der Waals surface area contributed by atoms with Gasteiger partial charge in [0.25, 0.3) is 0 Å². The number of rotatable bonds is 6. The Hall–Kier alpha value is -3.22. The summed E-state index contributed by atoms with van der Waals surface area (Å²) in [5.41, 5.74) is 4.61. The second kappa shape index (κ2) is 7.42. The number of oxime groups is 1. The second-order valence-corrected chi connectivity index (χ2v) is 7.23. The maximum Gasteiger partial charge on any atom is 0.368 e. The van der Waals surface area contributed by atoms with Gasteiger partial charge in [0.05, 0.1) is 11.4 Å². The minimum Gasteiger partial charge on any atom is -0.391 e. The van der Waals surface area contributed by atoms with Crippen molar-refractivity contribution < 1.29 is 4.84 Å². The van der Waals surface area contributed by atoms with Crippen molar-refractivity contribution in [2.75, 3.05) is 0 Å². The zero-order valence-corrected chi connectivity index (χ0v) is 16.2. The van der Waals surface area contributed by atoms with Gasteiger partial charge < -0.3 is 4.84 Å². The molecule has 1 aliphatic carbocycles. The number of benzene rings is 2. The van der Waals surface area contributed by atoms with E-state index in [1.807, 2.05) is 38.1 Å². The first-order valence-corrected chi connectivity index (χ1v) is 9.35. The molecule has 2 aromatic carbocycles. The molecule has 7 nitrogen and oxygen atoms in total. The first-order valence-electron chi connectivity index (χ1n) is 9.35. The Morgan fingerprint density at radius 1 is 1.18 bits per heavy atom. The summed E-state index contributed by atoms with van der Waals surface area (Å²) in [4.78, 5) is 17.9. The lowest BCUT2D eigenvalue weighted by molar-refractivity contribution is 0.129. The Bertz CT molecular complexity index is 1070. The van der Waals surface area contributed by atoms with E-state index in [2.05, 4.69) is 39.8 Å². The van der Waals surface area contributed by atoms with Gasteiger partial charge in [-0.25, -0.2) is 4.79 Å². The third kappa shape index (κ3) is 3.47. The third-order valence-electron chi connectivity index (χ3n) is 5.31. The van der Waals surface area contributed by atoms with Crippen molar-refractivity contribution in [2.45, 2.75) is 32.8 Å². The molecule has 2 atom stereocenters. The van der Waals surface area contributed by atoms with E-state index in [-0.39, 0.29) is 12.3 Å². The quantitative estimate of drug-likeness (QED) is 0.489. The normalized spacial score (nSPS) is 18.9. The fraction of sp³-hybridized carbons (Fsp3) is 0.333. The predicted octanol–water partition coefficient (Wildman–Crippen LogP) is 2.97. The molecular weight excluding hydrogens is 354 g/mol. The van der Waals surface area contributed by atoms with E-state index in [1.54, 1.807) is 7.05 Å². The van der Waals surface area contributed by atoms with Crippen LogP contribution < -0.4 is 5.69 Å². The van der Waals surface area contributed by atoms with Crippen LogP contribution in [0.4, 0.5) is 0 Å². The van der Waals surface area contributed by atoms with Crippen LogP contribution >= 0.6 is 0 Å². The molecular formula is C21H23N5O2. The molecule has 1 saturated carbocycles. The van der Waals surface area contributed by atoms with Gasteiger partial charge in [-0.3, -0.25) is 0 Å². The number of aryl methyl sites for hydroxylation is 2. The average Bonchev–Trinajstić information content (AvgIpc) is 3.44. The molecule has 1 aliphatic rings. The lowest BCUT2D eigenvalue weighted by Crippen LogP contribution is -2.23. The van der Waals surface area contributed by atoms with E-state index < -0.39 is 0 Å². The molecule has 144 valence electrons. The van der Waals surface area contributed by atoms with E-state index in [1.165, 1.54) is 14.9 Å². The first-order chi connectivity index (χ1) is 13.6. The summed E-state index contributed by atoms with van der Waals surface area (Å²) in [5, 5.41) is 12.1. The van der Waals surface area contributed by atoms with Crippen molar-refractivity contribution in [3.8, 4) is 5.69 Å². The average molecular weight is 377 g/mol. The lowest BCUT2D eigenvalue weighted by atomic mass is 10.1. The molecule has 0 N–H and O–H groups in total. The van der Waals surface area contributed by atoms with Gasteiger partial charge in [0, 0.05) is 18.5 Å². The highest BCUT2D eigenvalue weighted by Crippen LogP contribution is 2.48. The van der Waals surface area contributed by atoms with E-state index in [0.717, 1.165) is 23.3 Å². The Labute approximate surface area is 163 Å². The van der Waals surface area contributed by atoms with Crippen molar-refractivity contribution in [3.05, 3.63) is 75.7 Å². The summed E-state index contributed by atoms with van der Waals surface area (Å²) >= 11 is 0. The summed E-state index contributed by atoms with van der Waals surface area (Å²) in [5.74, 6) is 0.960. The van der Waals surface area contributed by atoms with Crippen molar-refractivity contribution in [1.82, 2.24) is 19.8 Å². The van der Waals surface area contributed by atoms with Crippen LogP contribution in [-0.2, 0) is 18.5 Å². The Balaban J connectivity index is 1.48. The summed E-state index contributed by atoms with van der Waals surface area (Å²) in [6, 6.07) is 16.2. The van der Waals surface area contributed by atoms with Crippen LogP contribution in [0, 0.1) is 12.8 Å². The molecule has 7 heteroatoms. The topological polar surface area (TPSA) is 74.3 Å². The molecule has 1 fully saturated rings. The molecule has 0 aliphatic heterocycles. The summed E-state index contributed by atoms with van der Waals surface area (Å²) in [7, 11) is 1.57. The fourth-order valence-corrected chi connectivity index (χ4v) is 3.53. The summed E-state index contributed by atoms with van der Waals surface area (Å²) < 4.78 is 2.49. The molecule has 0 amide bonds. The van der Waals surface area contributed by atoms with Gasteiger partial charge in [0.15, 0.2) is 0 Å². The molecule has 0 radical (unpaired) electrons. The standard InChI is InChI=1S/C21H23N5O2/c1-14-8-7-11-20(26-21(27)25(3)23-24-26)19(14)13-28-22-15(2)17-12-18(17)16-9-5-4-6-10-16/h4-11,17-18H,12-13H2,1-3H3/b22-15-. The largest absolute Gasteiger partial charge is 0.391 e. The SMILES string of the molecule is C/C(=N/OCc1c(C)cccc1-n1nnn(C)c1=O)C1CC1c1ccccc1. The second-order valence-electron chi connectivity index (χ2n) is 7.23. The first kappa shape index (κ1) is 18.2. The molecule has 2 unspecified atom stereocenters. The number of aromatic nitrogens is 4. The maximum absolute atomic E-state index is 12.2. The Morgan fingerprint density at radius 3 is 2.68 bits per heavy atom. The molecule has 28 heavy (non-hydrogen) atoms. The summed E-state index contributed by atoms with van der Waals surface area (Å²) in [6.07, 6.45) is 1.10. The monoisotopic (exact) mass is 377 g/mol. The molecule has 0 bridgehead atoms. The van der Waals surface area contributed by atoms with Crippen molar-refractivity contribution in [1.29, 1.82) is 0 Å². The number of hydrogen-bond acceptors (Lipinski definition) is 5. The van der Waals surface area contributed by atoms with Crippen LogP contribution in [-0.4, -0.2) is 25.5 Å². The van der Waals surface area contributed by atoms with E-state index >= 15 is 0 Å². The van der Waals surface area contributed by atoms with E-state index in [0.29, 0.717) is 17.5 Å². The van der Waals surface area contributed by atoms with Gasteiger partial charge >= 0.3 is 5.69 Å². The Kier molecular flexibility index (Phi) is 4.81. The fourth-order valence-electron chi connectivity index (χ4n) is 3.53. The van der Waals surface area contributed by atoms with Gasteiger partial charge in [-0.05, 0) is 53.8 Å². The maximum atomic E-state index is 12.2. The molecule has 1 heterocycles. The minimum atomic E-state index is -0.296.